The highest BCUT2D eigenvalue weighted by atomic mass is 16.2. The van der Waals surface area contributed by atoms with Gasteiger partial charge in [0.25, 0.3) is 5.91 Å². The van der Waals surface area contributed by atoms with Gasteiger partial charge in [-0.2, -0.15) is 4.68 Å². The average molecular weight is 335 g/mol. The smallest absolute Gasteiger partial charge is 0.279 e. The van der Waals surface area contributed by atoms with Crippen molar-refractivity contribution in [2.24, 2.45) is 0 Å². The number of pyridine rings is 1. The van der Waals surface area contributed by atoms with E-state index in [4.69, 9.17) is 5.73 Å². The molecular weight excluding hydrogens is 314 g/mol. The fourth-order valence-corrected chi connectivity index (χ4v) is 2.61. The van der Waals surface area contributed by atoms with Crippen LogP contribution in [0, 0.1) is 0 Å². The lowest BCUT2D eigenvalue weighted by Crippen LogP contribution is -2.12. The van der Waals surface area contributed by atoms with Crippen LogP contribution in [0.15, 0.2) is 48.9 Å². The molecule has 0 fully saturated rings. The summed E-state index contributed by atoms with van der Waals surface area (Å²) in [5.74, 6) is -0.192. The Morgan fingerprint density at radius 2 is 1.88 bits per heavy atom. The van der Waals surface area contributed by atoms with Crippen molar-refractivity contribution >= 4 is 11.9 Å². The number of nitrogens with zero attached hydrogens (tertiary/aromatic N) is 4. The minimum atomic E-state index is -0.269. The first-order chi connectivity index (χ1) is 12.2. The highest BCUT2D eigenvalue weighted by Gasteiger charge is 2.10. The molecule has 6 heteroatoms. The first-order valence-electron chi connectivity index (χ1n) is 8.44. The summed E-state index contributed by atoms with van der Waals surface area (Å²) in [6, 6.07) is 11.4. The normalized spacial score (nSPS) is 10.8. The third-order valence-corrected chi connectivity index (χ3v) is 4.04. The average Bonchev–Trinajstić information content (AvgIpc) is 3.08. The van der Waals surface area contributed by atoms with Gasteiger partial charge in [0, 0.05) is 17.3 Å². The van der Waals surface area contributed by atoms with E-state index in [0.717, 1.165) is 22.4 Å². The van der Waals surface area contributed by atoms with E-state index in [-0.39, 0.29) is 11.9 Å². The van der Waals surface area contributed by atoms with Crippen LogP contribution in [0.1, 0.15) is 42.1 Å². The number of anilines is 1. The van der Waals surface area contributed by atoms with Gasteiger partial charge < -0.3 is 5.73 Å². The van der Waals surface area contributed by atoms with Crippen LogP contribution < -0.4 is 5.73 Å². The van der Waals surface area contributed by atoms with Crippen molar-refractivity contribution < 1.29 is 4.79 Å². The van der Waals surface area contributed by atoms with Gasteiger partial charge in [0.05, 0.1) is 5.69 Å². The number of benzene rings is 1. The predicted molar refractivity (Wildman–Crippen MR) is 97.1 cm³/mol. The van der Waals surface area contributed by atoms with Gasteiger partial charge >= 0.3 is 0 Å². The zero-order valence-electron chi connectivity index (χ0n) is 14.2. The largest absolute Gasteiger partial charge is 0.366 e. The fraction of sp³-hybridized carbons (Fsp3) is 0.263. The molecular formula is C19H21N5O. The van der Waals surface area contributed by atoms with Crippen molar-refractivity contribution in [3.8, 4) is 11.3 Å². The summed E-state index contributed by atoms with van der Waals surface area (Å²) in [6.45, 7) is 2.20. The number of carbonyl (C=O) groups excluding carboxylic acids is 1. The zero-order valence-corrected chi connectivity index (χ0v) is 14.2. The Bertz CT molecular complexity index is 837. The van der Waals surface area contributed by atoms with E-state index in [1.54, 1.807) is 12.1 Å². The van der Waals surface area contributed by atoms with Crippen LogP contribution in [0.2, 0.25) is 0 Å². The maximum Gasteiger partial charge on any atom is 0.279 e. The van der Waals surface area contributed by atoms with Crippen molar-refractivity contribution in [1.82, 2.24) is 19.7 Å². The summed E-state index contributed by atoms with van der Waals surface area (Å²) < 4.78 is 1.13. The minimum Gasteiger partial charge on any atom is -0.366 e. The molecule has 6 nitrogen and oxygen atoms in total. The predicted octanol–water partition coefficient (Wildman–Crippen LogP) is 3.34. The molecule has 0 radical (unpaired) electrons. The number of hydrogen-bond donors (Lipinski definition) is 1. The molecule has 0 aliphatic carbocycles. The van der Waals surface area contributed by atoms with Crippen LogP contribution in [0.25, 0.3) is 11.3 Å². The third kappa shape index (κ3) is 4.09. The van der Waals surface area contributed by atoms with Crippen molar-refractivity contribution in [2.45, 2.75) is 32.6 Å². The summed E-state index contributed by atoms with van der Waals surface area (Å²) in [7, 11) is 0. The van der Waals surface area contributed by atoms with Gasteiger partial charge in [0.15, 0.2) is 0 Å². The first-order valence-corrected chi connectivity index (χ1v) is 8.44. The van der Waals surface area contributed by atoms with Crippen molar-refractivity contribution in [1.29, 1.82) is 0 Å². The summed E-state index contributed by atoms with van der Waals surface area (Å²) in [5.41, 5.74) is 9.08. The maximum absolute atomic E-state index is 12.3. The Kier molecular flexibility index (Phi) is 5.18. The summed E-state index contributed by atoms with van der Waals surface area (Å²) in [6.07, 6.45) is 7.97. The number of rotatable bonds is 6. The molecule has 3 rings (SSSR count). The molecule has 0 spiro atoms. The van der Waals surface area contributed by atoms with Gasteiger partial charge in [-0.15, -0.1) is 5.10 Å². The second-order valence-corrected chi connectivity index (χ2v) is 5.94. The number of unbranched alkanes of at least 4 members (excludes halogenated alkanes) is 2. The third-order valence-electron chi connectivity index (χ3n) is 4.04. The minimum absolute atomic E-state index is 0.0770. The second-order valence-electron chi connectivity index (χ2n) is 5.94. The summed E-state index contributed by atoms with van der Waals surface area (Å²) in [4.78, 5) is 20.6. The number of aryl methyl sites for hydroxylation is 1. The maximum atomic E-state index is 12.3. The highest BCUT2D eigenvalue weighted by Crippen LogP contribution is 2.19. The SMILES string of the molecule is CCCCCc1ccc(-c2ccc(C(=O)n3cnc(N)n3)cc2)nc1. The molecule has 0 bridgehead atoms. The molecule has 0 aliphatic rings. The first kappa shape index (κ1) is 16.8. The van der Waals surface area contributed by atoms with Gasteiger partial charge in [0.1, 0.15) is 6.33 Å². The zero-order chi connectivity index (χ0) is 17.6. The van der Waals surface area contributed by atoms with Crippen LogP contribution in [0.5, 0.6) is 0 Å². The van der Waals surface area contributed by atoms with E-state index < -0.39 is 0 Å². The Hall–Kier alpha value is -3.02. The molecule has 0 saturated heterocycles. The van der Waals surface area contributed by atoms with Gasteiger partial charge in [-0.05, 0) is 36.6 Å². The molecule has 0 atom stereocenters. The highest BCUT2D eigenvalue weighted by molar-refractivity contribution is 5.95. The van der Waals surface area contributed by atoms with Gasteiger partial charge in [0.2, 0.25) is 5.95 Å². The van der Waals surface area contributed by atoms with Crippen LogP contribution in [0.3, 0.4) is 0 Å². The number of nitrogens with two attached hydrogens (primary N) is 1. The van der Waals surface area contributed by atoms with Gasteiger partial charge in [-0.1, -0.05) is 38.0 Å². The quantitative estimate of drug-likeness (QED) is 0.698. The lowest BCUT2D eigenvalue weighted by Gasteiger charge is -2.05. The van der Waals surface area contributed by atoms with Crippen molar-refractivity contribution in [3.63, 3.8) is 0 Å². The molecule has 0 saturated carbocycles. The molecule has 2 N–H and O–H groups in total. The van der Waals surface area contributed by atoms with E-state index in [0.29, 0.717) is 5.56 Å². The molecule has 1 aromatic carbocycles. The monoisotopic (exact) mass is 335 g/mol. The molecule has 128 valence electrons. The Morgan fingerprint density at radius 1 is 1.08 bits per heavy atom. The van der Waals surface area contributed by atoms with E-state index >= 15 is 0 Å². The van der Waals surface area contributed by atoms with Crippen LogP contribution >= 0.6 is 0 Å². The summed E-state index contributed by atoms with van der Waals surface area (Å²) in [5, 5.41) is 3.83. The number of nitrogen functional groups attached to an aromatic ring is 1. The summed E-state index contributed by atoms with van der Waals surface area (Å²) >= 11 is 0. The van der Waals surface area contributed by atoms with Crippen LogP contribution in [-0.2, 0) is 6.42 Å². The molecule has 25 heavy (non-hydrogen) atoms. The number of hydrogen-bond acceptors (Lipinski definition) is 5. The van der Waals surface area contributed by atoms with Gasteiger partial charge in [-0.3, -0.25) is 9.78 Å². The van der Waals surface area contributed by atoms with Crippen molar-refractivity contribution in [2.75, 3.05) is 5.73 Å². The fourth-order valence-electron chi connectivity index (χ4n) is 2.61. The van der Waals surface area contributed by atoms with Crippen LogP contribution in [-0.4, -0.2) is 25.7 Å². The molecule has 2 aromatic heterocycles. The second kappa shape index (κ2) is 7.70. The van der Waals surface area contributed by atoms with Gasteiger partial charge in [-0.25, -0.2) is 4.98 Å². The topological polar surface area (TPSA) is 86.7 Å². The Labute approximate surface area is 146 Å². The number of carbonyl (C=O) groups is 1. The Balaban J connectivity index is 1.70. The number of aromatic nitrogens is 4. The van der Waals surface area contributed by atoms with E-state index in [1.807, 2.05) is 24.4 Å². The Morgan fingerprint density at radius 3 is 2.48 bits per heavy atom. The van der Waals surface area contributed by atoms with E-state index in [2.05, 4.69) is 28.1 Å². The standard InChI is InChI=1S/C19H21N5O/c1-2-3-4-5-14-6-11-17(21-12-14)15-7-9-16(10-8-15)18(25)24-13-22-19(20)23-24/h6-13H,2-5H2,1H3,(H2,20,23). The molecule has 2 heterocycles. The molecule has 3 aromatic rings. The molecule has 0 aliphatic heterocycles. The van der Waals surface area contributed by atoms with E-state index in [1.165, 1.54) is 31.2 Å². The lowest BCUT2D eigenvalue weighted by atomic mass is 10.1. The molecule has 0 amide bonds. The van der Waals surface area contributed by atoms with Crippen LogP contribution in [0.4, 0.5) is 5.95 Å². The molecule has 0 unspecified atom stereocenters. The van der Waals surface area contributed by atoms with Crippen molar-refractivity contribution in [3.05, 3.63) is 60.0 Å². The van der Waals surface area contributed by atoms with E-state index in [9.17, 15) is 4.79 Å². The lowest BCUT2D eigenvalue weighted by molar-refractivity contribution is 0.0945.